The Morgan fingerprint density at radius 1 is 1.16 bits per heavy atom. The zero-order valence-electron chi connectivity index (χ0n) is 13.7. The van der Waals surface area contributed by atoms with Crippen molar-refractivity contribution in [3.8, 4) is 5.69 Å². The number of fused-ring (bicyclic) bond motifs is 1. The smallest absolute Gasteiger partial charge is 0.231 e. The number of rotatable bonds is 4. The van der Waals surface area contributed by atoms with Crippen molar-refractivity contribution < 1.29 is 9.18 Å². The lowest BCUT2D eigenvalue weighted by Crippen LogP contribution is -2.16. The second-order valence-electron chi connectivity index (χ2n) is 6.15. The summed E-state index contributed by atoms with van der Waals surface area (Å²) in [6.45, 7) is 0.910. The minimum absolute atomic E-state index is 0.153. The fourth-order valence-corrected chi connectivity index (χ4v) is 3.02. The van der Waals surface area contributed by atoms with Gasteiger partial charge in [0.2, 0.25) is 5.91 Å². The first kappa shape index (κ1) is 15.6. The molecule has 0 radical (unpaired) electrons. The topological polar surface area (TPSA) is 64.7 Å². The van der Waals surface area contributed by atoms with Crippen LogP contribution in [0.3, 0.4) is 0 Å². The van der Waals surface area contributed by atoms with Gasteiger partial charge in [-0.3, -0.25) is 9.48 Å². The number of amides is 1. The monoisotopic (exact) mass is 339 g/mol. The van der Waals surface area contributed by atoms with Crippen molar-refractivity contribution in [3.63, 3.8) is 0 Å². The maximum absolute atomic E-state index is 13.0. The largest absolute Gasteiger partial charge is 0.309 e. The Labute approximate surface area is 144 Å². The number of nitrogens with zero attached hydrogens (tertiary/aromatic N) is 4. The first-order valence-electron chi connectivity index (χ1n) is 8.34. The van der Waals surface area contributed by atoms with E-state index in [1.165, 1.54) is 24.2 Å². The van der Waals surface area contributed by atoms with E-state index in [-0.39, 0.29) is 18.1 Å². The molecule has 0 saturated heterocycles. The minimum atomic E-state index is -0.293. The highest BCUT2D eigenvalue weighted by Crippen LogP contribution is 2.18. The number of halogens is 1. The standard InChI is InChI=1S/C18H18FN5O/c19-13-4-6-15(7-5-13)24-10-8-14(21-24)11-18(25)20-17-12-16-3-1-2-9-23(16)22-17/h4-8,10,12H,1-3,9,11H2,(H,20,22,25). The fraction of sp³-hybridized carbons (Fsp3) is 0.278. The van der Waals surface area contributed by atoms with Gasteiger partial charge in [0.25, 0.3) is 0 Å². The Hall–Kier alpha value is -2.96. The molecule has 0 bridgehead atoms. The third-order valence-electron chi connectivity index (χ3n) is 4.26. The van der Waals surface area contributed by atoms with Crippen LogP contribution in [0.5, 0.6) is 0 Å². The summed E-state index contributed by atoms with van der Waals surface area (Å²) in [6.07, 6.45) is 5.22. The molecule has 1 aliphatic heterocycles. The molecule has 2 aromatic heterocycles. The van der Waals surface area contributed by atoms with E-state index in [9.17, 15) is 9.18 Å². The summed E-state index contributed by atoms with van der Waals surface area (Å²) in [5, 5.41) is 11.6. The molecule has 0 spiro atoms. The summed E-state index contributed by atoms with van der Waals surface area (Å²) < 4.78 is 16.6. The van der Waals surface area contributed by atoms with Gasteiger partial charge in [-0.05, 0) is 49.6 Å². The number of anilines is 1. The van der Waals surface area contributed by atoms with Gasteiger partial charge in [-0.1, -0.05) is 0 Å². The molecule has 1 aliphatic rings. The predicted molar refractivity (Wildman–Crippen MR) is 91.0 cm³/mol. The maximum Gasteiger partial charge on any atom is 0.231 e. The number of hydrogen-bond acceptors (Lipinski definition) is 3. The Balaban J connectivity index is 1.41. The minimum Gasteiger partial charge on any atom is -0.309 e. The van der Waals surface area contributed by atoms with Crippen LogP contribution < -0.4 is 5.32 Å². The molecule has 1 amide bonds. The van der Waals surface area contributed by atoms with Gasteiger partial charge in [-0.2, -0.15) is 10.2 Å². The first-order valence-corrected chi connectivity index (χ1v) is 8.34. The van der Waals surface area contributed by atoms with E-state index in [0.29, 0.717) is 11.5 Å². The van der Waals surface area contributed by atoms with E-state index in [1.54, 1.807) is 29.1 Å². The molecule has 3 heterocycles. The van der Waals surface area contributed by atoms with Crippen LogP contribution in [0.2, 0.25) is 0 Å². The Morgan fingerprint density at radius 2 is 2.00 bits per heavy atom. The lowest BCUT2D eigenvalue weighted by Gasteiger charge is -2.11. The van der Waals surface area contributed by atoms with Crippen LogP contribution in [-0.4, -0.2) is 25.5 Å². The van der Waals surface area contributed by atoms with Crippen molar-refractivity contribution in [2.45, 2.75) is 32.2 Å². The third-order valence-corrected chi connectivity index (χ3v) is 4.26. The zero-order chi connectivity index (χ0) is 17.2. The Kier molecular flexibility index (Phi) is 4.05. The van der Waals surface area contributed by atoms with Gasteiger partial charge in [-0.25, -0.2) is 9.07 Å². The van der Waals surface area contributed by atoms with E-state index in [1.807, 2.05) is 10.7 Å². The molecule has 0 saturated carbocycles. The quantitative estimate of drug-likeness (QED) is 0.795. The lowest BCUT2D eigenvalue weighted by molar-refractivity contribution is -0.115. The highest BCUT2D eigenvalue weighted by molar-refractivity contribution is 5.91. The van der Waals surface area contributed by atoms with Gasteiger partial charge in [0, 0.05) is 24.5 Å². The molecule has 0 atom stereocenters. The molecule has 0 aliphatic carbocycles. The summed E-state index contributed by atoms with van der Waals surface area (Å²) >= 11 is 0. The number of carbonyl (C=O) groups excluding carboxylic acids is 1. The molecule has 7 heteroatoms. The van der Waals surface area contributed by atoms with Crippen LogP contribution in [0.4, 0.5) is 10.2 Å². The van der Waals surface area contributed by atoms with Crippen molar-refractivity contribution in [1.82, 2.24) is 19.6 Å². The second-order valence-corrected chi connectivity index (χ2v) is 6.15. The SMILES string of the molecule is O=C(Cc1ccn(-c2ccc(F)cc2)n1)Nc1cc2n(n1)CCCC2. The zero-order valence-corrected chi connectivity index (χ0v) is 13.7. The first-order chi connectivity index (χ1) is 12.2. The molecular formula is C18H18FN5O. The van der Waals surface area contributed by atoms with Gasteiger partial charge >= 0.3 is 0 Å². The number of hydrogen-bond donors (Lipinski definition) is 1. The van der Waals surface area contributed by atoms with E-state index in [0.717, 1.165) is 25.1 Å². The van der Waals surface area contributed by atoms with Gasteiger partial charge in [0.05, 0.1) is 17.8 Å². The van der Waals surface area contributed by atoms with Crippen LogP contribution in [0.25, 0.3) is 5.69 Å². The average Bonchev–Trinajstić information content (AvgIpc) is 3.21. The molecule has 25 heavy (non-hydrogen) atoms. The predicted octanol–water partition coefficient (Wildman–Crippen LogP) is 2.73. The molecule has 3 aromatic rings. The molecule has 4 rings (SSSR count). The van der Waals surface area contributed by atoms with E-state index in [2.05, 4.69) is 15.5 Å². The summed E-state index contributed by atoms with van der Waals surface area (Å²) in [6, 6.07) is 9.76. The number of aryl methyl sites for hydroxylation is 2. The number of benzene rings is 1. The van der Waals surface area contributed by atoms with Crippen molar-refractivity contribution in [2.24, 2.45) is 0 Å². The van der Waals surface area contributed by atoms with Crippen LogP contribution in [0, 0.1) is 5.82 Å². The molecule has 1 N–H and O–H groups in total. The van der Waals surface area contributed by atoms with Crippen molar-refractivity contribution in [1.29, 1.82) is 0 Å². The van der Waals surface area contributed by atoms with Crippen LogP contribution >= 0.6 is 0 Å². The molecule has 0 unspecified atom stereocenters. The van der Waals surface area contributed by atoms with Crippen LogP contribution in [0.1, 0.15) is 24.2 Å². The van der Waals surface area contributed by atoms with Crippen molar-refractivity contribution >= 4 is 11.7 Å². The van der Waals surface area contributed by atoms with Gasteiger partial charge in [0.15, 0.2) is 5.82 Å². The molecule has 128 valence electrons. The number of carbonyl (C=O) groups is 1. The molecule has 6 nitrogen and oxygen atoms in total. The summed E-state index contributed by atoms with van der Waals surface area (Å²) in [5.74, 6) is 0.151. The van der Waals surface area contributed by atoms with Crippen molar-refractivity contribution in [2.75, 3.05) is 5.32 Å². The van der Waals surface area contributed by atoms with Crippen molar-refractivity contribution in [3.05, 3.63) is 59.8 Å². The maximum atomic E-state index is 13.0. The summed E-state index contributed by atoms with van der Waals surface area (Å²) in [7, 11) is 0. The average molecular weight is 339 g/mol. The Bertz CT molecular complexity index is 873. The number of aromatic nitrogens is 4. The molecular weight excluding hydrogens is 321 g/mol. The van der Waals surface area contributed by atoms with Gasteiger partial charge in [-0.15, -0.1) is 0 Å². The van der Waals surface area contributed by atoms with Gasteiger partial charge in [0.1, 0.15) is 5.82 Å². The molecule has 0 fully saturated rings. The van der Waals surface area contributed by atoms with Crippen LogP contribution in [-0.2, 0) is 24.2 Å². The van der Waals surface area contributed by atoms with E-state index >= 15 is 0 Å². The lowest BCUT2D eigenvalue weighted by atomic mass is 10.1. The normalized spacial score (nSPS) is 13.5. The second kappa shape index (κ2) is 6.51. The van der Waals surface area contributed by atoms with Crippen LogP contribution in [0.15, 0.2) is 42.6 Å². The van der Waals surface area contributed by atoms with E-state index < -0.39 is 0 Å². The fourth-order valence-electron chi connectivity index (χ4n) is 3.02. The number of nitrogens with one attached hydrogen (secondary N) is 1. The summed E-state index contributed by atoms with van der Waals surface area (Å²) in [4.78, 5) is 12.2. The summed E-state index contributed by atoms with van der Waals surface area (Å²) in [5.41, 5.74) is 2.56. The highest BCUT2D eigenvalue weighted by Gasteiger charge is 2.14. The third kappa shape index (κ3) is 3.45. The van der Waals surface area contributed by atoms with Gasteiger partial charge < -0.3 is 5.32 Å². The van der Waals surface area contributed by atoms with E-state index in [4.69, 9.17) is 0 Å². The highest BCUT2D eigenvalue weighted by atomic mass is 19.1. The Morgan fingerprint density at radius 3 is 2.80 bits per heavy atom. The molecule has 1 aromatic carbocycles.